The molecule has 0 atom stereocenters. The number of rotatable bonds is 0. The van der Waals surface area contributed by atoms with E-state index in [0.29, 0.717) is 17.6 Å². The van der Waals surface area contributed by atoms with Gasteiger partial charge >= 0.3 is 0 Å². The Morgan fingerprint density at radius 1 is 0.885 bits per heavy atom. The summed E-state index contributed by atoms with van der Waals surface area (Å²) in [6, 6.07) is 11.2. The third-order valence-corrected chi connectivity index (χ3v) is 7.63. The predicted octanol–water partition coefficient (Wildman–Crippen LogP) is 6.24. The monoisotopic (exact) mass is 344 g/mol. The van der Waals surface area contributed by atoms with Crippen molar-refractivity contribution in [2.24, 2.45) is 5.41 Å². The highest BCUT2D eigenvalue weighted by Gasteiger charge is 2.56. The van der Waals surface area contributed by atoms with Gasteiger partial charge in [0.15, 0.2) is 0 Å². The Kier molecular flexibility index (Phi) is 2.38. The van der Waals surface area contributed by atoms with E-state index in [1.54, 1.807) is 0 Å². The molecule has 0 unspecified atom stereocenters. The topological polar surface area (TPSA) is 17.3 Å². The highest BCUT2D eigenvalue weighted by atomic mass is 15.0. The lowest BCUT2D eigenvalue weighted by molar-refractivity contribution is 0.125. The van der Waals surface area contributed by atoms with E-state index in [1.807, 2.05) is 22.7 Å². The minimum Gasteiger partial charge on any atom is -0.299 e. The summed E-state index contributed by atoms with van der Waals surface area (Å²) in [6.45, 7) is 13.4. The molecule has 0 saturated carbocycles. The second-order valence-corrected chi connectivity index (χ2v) is 9.28. The molecule has 5 rings (SSSR count). The molecule has 2 aromatic carbocycles. The molecule has 0 radical (unpaired) electrons. The number of fused-ring (bicyclic) bond motifs is 6. The van der Waals surface area contributed by atoms with Crippen LogP contribution in [0.5, 0.6) is 0 Å². The standard InChI is InChI=1S/C24H26N2/c1-22(2)17-13-19-20(14-18(17)23(3,4)24(22,5)6)26-12-11-15-9-7-8-10-16(15)21(26)25-19/h7-14H,1-6H3/i13D,14D. The third-order valence-electron chi connectivity index (χ3n) is 7.63. The molecule has 0 aliphatic heterocycles. The molecule has 0 N–H and O–H groups in total. The summed E-state index contributed by atoms with van der Waals surface area (Å²) in [4.78, 5) is 4.90. The van der Waals surface area contributed by atoms with Crippen molar-refractivity contribution in [3.05, 3.63) is 59.7 Å². The zero-order valence-corrected chi connectivity index (χ0v) is 16.4. The second kappa shape index (κ2) is 4.49. The van der Waals surface area contributed by atoms with E-state index in [2.05, 4.69) is 59.7 Å². The molecule has 2 nitrogen and oxygen atoms in total. The molecule has 0 fully saturated rings. The van der Waals surface area contributed by atoms with E-state index in [0.717, 1.165) is 33.1 Å². The zero-order chi connectivity index (χ0) is 20.2. The zero-order valence-electron chi connectivity index (χ0n) is 18.4. The molecule has 0 saturated heterocycles. The van der Waals surface area contributed by atoms with E-state index in [-0.39, 0.29) is 16.2 Å². The average molecular weight is 344 g/mol. The van der Waals surface area contributed by atoms with E-state index in [9.17, 15) is 1.37 Å². The van der Waals surface area contributed by atoms with E-state index < -0.39 is 0 Å². The maximum absolute atomic E-state index is 9.19. The molecule has 132 valence electrons. The first kappa shape index (κ1) is 13.8. The second-order valence-electron chi connectivity index (χ2n) is 9.28. The fourth-order valence-corrected chi connectivity index (χ4v) is 4.68. The lowest BCUT2D eigenvalue weighted by atomic mass is 9.59. The Morgan fingerprint density at radius 3 is 2.27 bits per heavy atom. The van der Waals surface area contributed by atoms with Crippen molar-refractivity contribution >= 4 is 27.5 Å². The van der Waals surface area contributed by atoms with Crippen LogP contribution in [0.2, 0.25) is 0 Å². The fraction of sp³-hybridized carbons (Fsp3) is 0.375. The Bertz CT molecular complexity index is 1310. The number of hydrogen-bond donors (Lipinski definition) is 0. The first-order valence-electron chi connectivity index (χ1n) is 10.4. The molecule has 0 amide bonds. The number of benzene rings is 2. The summed E-state index contributed by atoms with van der Waals surface area (Å²) < 4.78 is 20.3. The summed E-state index contributed by atoms with van der Waals surface area (Å²) >= 11 is 0. The molecule has 2 heteroatoms. The van der Waals surface area contributed by atoms with Gasteiger partial charge in [-0.1, -0.05) is 65.8 Å². The van der Waals surface area contributed by atoms with Crippen molar-refractivity contribution in [3.8, 4) is 0 Å². The number of imidazole rings is 1. The highest BCUT2D eigenvalue weighted by Crippen LogP contribution is 2.61. The molecule has 4 aromatic rings. The number of pyridine rings is 1. The Morgan fingerprint density at radius 2 is 1.54 bits per heavy atom. The van der Waals surface area contributed by atoms with Crippen molar-refractivity contribution in [1.29, 1.82) is 0 Å². The Hall–Kier alpha value is -2.35. The molecule has 2 aromatic heterocycles. The number of nitrogens with zero attached hydrogens (tertiary/aromatic N) is 2. The van der Waals surface area contributed by atoms with Crippen LogP contribution in [0.25, 0.3) is 27.5 Å². The third kappa shape index (κ3) is 1.61. The first-order valence-corrected chi connectivity index (χ1v) is 9.35. The van der Waals surface area contributed by atoms with Gasteiger partial charge in [-0.3, -0.25) is 4.40 Å². The Labute approximate surface area is 157 Å². The summed E-state index contributed by atoms with van der Waals surface area (Å²) in [5.74, 6) is 0. The van der Waals surface area contributed by atoms with Gasteiger partial charge in [-0.05, 0) is 50.9 Å². The molecule has 0 spiro atoms. The van der Waals surface area contributed by atoms with Gasteiger partial charge in [0.2, 0.25) is 0 Å². The number of aromatic nitrogens is 2. The first-order chi connectivity index (χ1) is 13.0. The average Bonchev–Trinajstić information content (AvgIpc) is 3.08. The van der Waals surface area contributed by atoms with Gasteiger partial charge in [0, 0.05) is 11.6 Å². The molecular formula is C24H26N2. The van der Waals surface area contributed by atoms with Gasteiger partial charge in [0.1, 0.15) is 5.65 Å². The van der Waals surface area contributed by atoms with Crippen LogP contribution >= 0.6 is 0 Å². The fourth-order valence-electron chi connectivity index (χ4n) is 4.68. The maximum atomic E-state index is 9.19. The molecule has 26 heavy (non-hydrogen) atoms. The normalized spacial score (nSPS) is 21.2. The Balaban J connectivity index is 2.04. The van der Waals surface area contributed by atoms with Crippen molar-refractivity contribution < 1.29 is 2.74 Å². The van der Waals surface area contributed by atoms with E-state index >= 15 is 0 Å². The van der Waals surface area contributed by atoms with Crippen molar-refractivity contribution in [2.75, 3.05) is 0 Å². The van der Waals surface area contributed by atoms with Crippen LogP contribution in [0.1, 0.15) is 55.4 Å². The highest BCUT2D eigenvalue weighted by molar-refractivity contribution is 5.98. The van der Waals surface area contributed by atoms with Gasteiger partial charge in [-0.2, -0.15) is 0 Å². The molecule has 0 bridgehead atoms. The lowest BCUT2D eigenvalue weighted by Gasteiger charge is -2.44. The van der Waals surface area contributed by atoms with Gasteiger partial charge < -0.3 is 0 Å². The van der Waals surface area contributed by atoms with Gasteiger partial charge in [-0.15, -0.1) is 0 Å². The van der Waals surface area contributed by atoms with Crippen LogP contribution in [0, 0.1) is 5.41 Å². The lowest BCUT2D eigenvalue weighted by Crippen LogP contribution is -2.42. The van der Waals surface area contributed by atoms with Crippen LogP contribution < -0.4 is 0 Å². The van der Waals surface area contributed by atoms with Crippen LogP contribution in [-0.4, -0.2) is 9.38 Å². The molecular weight excluding hydrogens is 316 g/mol. The summed E-state index contributed by atoms with van der Waals surface area (Å²) in [7, 11) is 0. The van der Waals surface area contributed by atoms with Crippen LogP contribution in [0.15, 0.2) is 48.6 Å². The molecule has 1 aliphatic rings. The van der Waals surface area contributed by atoms with Crippen molar-refractivity contribution in [2.45, 2.75) is 52.4 Å². The van der Waals surface area contributed by atoms with Gasteiger partial charge in [0.25, 0.3) is 0 Å². The largest absolute Gasteiger partial charge is 0.299 e. The quantitative estimate of drug-likeness (QED) is 0.369. The minimum absolute atomic E-state index is 0.0834. The van der Waals surface area contributed by atoms with E-state index in [4.69, 9.17) is 6.35 Å². The predicted molar refractivity (Wildman–Crippen MR) is 110 cm³/mol. The molecule has 1 aliphatic carbocycles. The van der Waals surface area contributed by atoms with Crippen LogP contribution in [0.3, 0.4) is 0 Å². The molecule has 2 heterocycles. The summed E-state index contributed by atoms with van der Waals surface area (Å²) in [5.41, 5.74) is 3.71. The van der Waals surface area contributed by atoms with E-state index in [1.165, 1.54) is 0 Å². The van der Waals surface area contributed by atoms with Crippen molar-refractivity contribution in [1.82, 2.24) is 9.38 Å². The smallest absolute Gasteiger partial charge is 0.145 e. The van der Waals surface area contributed by atoms with Crippen LogP contribution in [0.4, 0.5) is 0 Å². The van der Waals surface area contributed by atoms with Gasteiger partial charge in [0.05, 0.1) is 13.8 Å². The van der Waals surface area contributed by atoms with Crippen molar-refractivity contribution in [3.63, 3.8) is 0 Å². The summed E-state index contributed by atoms with van der Waals surface area (Å²) in [6.07, 6.45) is 2.00. The van der Waals surface area contributed by atoms with Gasteiger partial charge in [-0.25, -0.2) is 4.98 Å². The van der Waals surface area contributed by atoms with Crippen LogP contribution in [-0.2, 0) is 10.8 Å². The SMILES string of the molecule is [2H]c1c2c(c([2H])c3c1nc1c4ccccc4ccn13)C(C)(C)C(C)(C)C2(C)C. The minimum atomic E-state index is -0.217. The summed E-state index contributed by atoms with van der Waals surface area (Å²) in [5, 5.41) is 2.18. The maximum Gasteiger partial charge on any atom is 0.145 e. The number of hydrogen-bond acceptors (Lipinski definition) is 1.